The molecule has 0 radical (unpaired) electrons. The Morgan fingerprint density at radius 2 is 1.09 bits per heavy atom. The SMILES string of the molecule is CC(C)(C)OC(=O)COCC(=O)CCCOCCOCCNC(=O)CBr.CC(C)(C)OC(=O)NOCC(=O)O.NCCOCCOCCNC(=O)CBr. The number of hydrogen-bond donors (Lipinski definition) is 5. The van der Waals surface area contributed by atoms with E-state index in [4.69, 9.17) is 44.0 Å². The fourth-order valence-corrected chi connectivity index (χ4v) is 3.26. The first-order valence-electron chi connectivity index (χ1n) is 16.7. The van der Waals surface area contributed by atoms with Crippen LogP contribution in [0.5, 0.6) is 0 Å². The van der Waals surface area contributed by atoms with Crippen LogP contribution in [0, 0.1) is 0 Å². The monoisotopic (exact) mass is 898 g/mol. The number of carboxylic acid groups (broad SMARTS) is 1. The standard InChI is InChI=1S/C17H30BrNO7.C8H17BrN2O3.C7H13NO5/c1-17(2,3)26-16(22)13-25-12-14(20)5-4-7-23-9-10-24-8-6-19-15(21)11-18;9-7-8(12)11-2-4-14-6-5-13-3-1-10;1-7(2,3)13-6(11)8-12-4-5(9)10/h4-13H2,1-3H3,(H,19,21);1-7,10H2,(H,11,12);4H2,1-3H3,(H,8,11)(H,9,10). The first-order chi connectivity index (χ1) is 24.9. The fourth-order valence-electron chi connectivity index (χ4n) is 2.87. The molecule has 0 aliphatic carbocycles. The third kappa shape index (κ3) is 51.7. The average Bonchev–Trinajstić information content (AvgIpc) is 3.05. The molecule has 0 atom stereocenters. The molecule has 0 heterocycles. The van der Waals surface area contributed by atoms with E-state index in [-0.39, 0.29) is 36.1 Å². The van der Waals surface area contributed by atoms with Crippen molar-refractivity contribution in [3.05, 3.63) is 0 Å². The summed E-state index contributed by atoms with van der Waals surface area (Å²) in [5.74, 6) is -1.86. The van der Waals surface area contributed by atoms with Crippen LogP contribution in [0.3, 0.4) is 0 Å². The summed E-state index contributed by atoms with van der Waals surface area (Å²) in [6.45, 7) is 14.8. The molecule has 312 valence electrons. The molecule has 0 saturated carbocycles. The van der Waals surface area contributed by atoms with E-state index in [9.17, 15) is 28.8 Å². The van der Waals surface area contributed by atoms with E-state index in [0.717, 1.165) is 0 Å². The zero-order chi connectivity index (χ0) is 41.0. The lowest BCUT2D eigenvalue weighted by atomic mass is 10.2. The highest BCUT2D eigenvalue weighted by molar-refractivity contribution is 9.09. The molecule has 3 amide bonds. The Bertz CT molecular complexity index is 997. The fraction of sp³-hybridized carbons (Fsp3) is 0.812. The number of rotatable bonds is 27. The maximum absolute atomic E-state index is 11.6. The molecule has 0 aliphatic heterocycles. The molecule has 0 rings (SSSR count). The largest absolute Gasteiger partial charge is 0.479 e. The molecular weight excluding hydrogens is 840 g/mol. The van der Waals surface area contributed by atoms with Crippen LogP contribution >= 0.6 is 31.9 Å². The second-order valence-electron chi connectivity index (χ2n) is 12.2. The van der Waals surface area contributed by atoms with Crippen molar-refractivity contribution in [1.82, 2.24) is 16.1 Å². The Morgan fingerprint density at radius 1 is 0.623 bits per heavy atom. The van der Waals surface area contributed by atoms with Gasteiger partial charge >= 0.3 is 18.0 Å². The Hall–Kier alpha value is -2.50. The van der Waals surface area contributed by atoms with Crippen molar-refractivity contribution < 1.29 is 71.9 Å². The highest BCUT2D eigenvalue weighted by Gasteiger charge is 2.17. The van der Waals surface area contributed by atoms with E-state index < -0.39 is 35.8 Å². The molecule has 19 nitrogen and oxygen atoms in total. The number of alkyl halides is 2. The first kappa shape index (κ1) is 54.8. The zero-order valence-corrected chi connectivity index (χ0v) is 34.9. The first-order valence-corrected chi connectivity index (χ1v) is 18.9. The van der Waals surface area contributed by atoms with Crippen LogP contribution in [-0.4, -0.2) is 155 Å². The number of hydrogen-bond acceptors (Lipinski definition) is 15. The topological polar surface area (TPSA) is 259 Å². The minimum Gasteiger partial charge on any atom is -0.479 e. The Morgan fingerprint density at radius 3 is 1.53 bits per heavy atom. The van der Waals surface area contributed by atoms with Crippen molar-refractivity contribution >= 4 is 67.5 Å². The third-order valence-electron chi connectivity index (χ3n) is 4.78. The van der Waals surface area contributed by atoms with Crippen molar-refractivity contribution in [2.75, 3.05) is 103 Å². The molecule has 0 aliphatic rings. The molecule has 0 aromatic rings. The number of ketones is 1. The predicted octanol–water partition coefficient (Wildman–Crippen LogP) is 1.26. The van der Waals surface area contributed by atoms with Gasteiger partial charge in [0.15, 0.2) is 12.4 Å². The average molecular weight is 901 g/mol. The van der Waals surface area contributed by atoms with Gasteiger partial charge in [-0.2, -0.15) is 5.48 Å². The lowest BCUT2D eigenvalue weighted by Crippen LogP contribution is -2.33. The minimum absolute atomic E-state index is 0.0343. The molecule has 21 heteroatoms. The van der Waals surface area contributed by atoms with Gasteiger partial charge in [-0.15, -0.1) is 0 Å². The van der Waals surface area contributed by atoms with Gasteiger partial charge in [-0.25, -0.2) is 14.4 Å². The lowest BCUT2D eigenvalue weighted by Gasteiger charge is -2.19. The second-order valence-corrected chi connectivity index (χ2v) is 13.3. The van der Waals surface area contributed by atoms with Crippen LogP contribution in [0.25, 0.3) is 0 Å². The molecule has 0 unspecified atom stereocenters. The lowest BCUT2D eigenvalue weighted by molar-refractivity contribution is -0.160. The van der Waals surface area contributed by atoms with Gasteiger partial charge in [0.05, 0.1) is 56.9 Å². The number of esters is 1. The predicted molar refractivity (Wildman–Crippen MR) is 200 cm³/mol. The Labute approximate surface area is 328 Å². The number of carbonyl (C=O) groups excluding carboxylic acids is 5. The summed E-state index contributed by atoms with van der Waals surface area (Å²) in [7, 11) is 0. The second kappa shape index (κ2) is 36.5. The van der Waals surface area contributed by atoms with Crippen molar-refractivity contribution in [1.29, 1.82) is 0 Å². The number of Topliss-reactive ketones (excluding diaryl/α,β-unsaturated/α-hetero) is 1. The van der Waals surface area contributed by atoms with Crippen LogP contribution in [-0.2, 0) is 62.0 Å². The summed E-state index contributed by atoms with van der Waals surface area (Å²) >= 11 is 6.09. The number of carboxylic acids is 1. The van der Waals surface area contributed by atoms with Gasteiger partial charge in [-0.3, -0.25) is 19.2 Å². The molecular formula is C32H60Br2N4O15. The Balaban J connectivity index is -0.000000780. The number of ether oxygens (including phenoxy) is 7. The van der Waals surface area contributed by atoms with Gasteiger partial charge in [0, 0.05) is 32.7 Å². The summed E-state index contributed by atoms with van der Waals surface area (Å²) in [6, 6.07) is 0. The molecule has 0 spiro atoms. The van der Waals surface area contributed by atoms with Gasteiger partial charge in [0.2, 0.25) is 11.8 Å². The molecule has 0 aromatic carbocycles. The van der Waals surface area contributed by atoms with Crippen LogP contribution in [0.2, 0.25) is 0 Å². The van der Waals surface area contributed by atoms with E-state index in [1.165, 1.54) is 0 Å². The van der Waals surface area contributed by atoms with Crippen LogP contribution in [0.15, 0.2) is 0 Å². The number of aliphatic carboxylic acids is 1. The van der Waals surface area contributed by atoms with Gasteiger partial charge in [-0.05, 0) is 48.0 Å². The highest BCUT2D eigenvalue weighted by atomic mass is 79.9. The van der Waals surface area contributed by atoms with Crippen molar-refractivity contribution in [2.24, 2.45) is 5.73 Å². The highest BCUT2D eigenvalue weighted by Crippen LogP contribution is 2.07. The van der Waals surface area contributed by atoms with E-state index in [1.54, 1.807) is 41.5 Å². The number of halogens is 2. The van der Waals surface area contributed by atoms with Crippen molar-refractivity contribution in [2.45, 2.75) is 65.6 Å². The summed E-state index contributed by atoms with van der Waals surface area (Å²) in [4.78, 5) is 69.7. The van der Waals surface area contributed by atoms with Crippen LogP contribution < -0.4 is 21.8 Å². The van der Waals surface area contributed by atoms with Gasteiger partial charge in [0.1, 0.15) is 24.4 Å². The number of nitrogens with one attached hydrogen (secondary N) is 3. The van der Waals surface area contributed by atoms with E-state index in [0.29, 0.717) is 90.7 Å². The van der Waals surface area contributed by atoms with E-state index in [1.807, 2.05) is 5.48 Å². The van der Waals surface area contributed by atoms with Gasteiger partial charge in [0.25, 0.3) is 0 Å². The number of carbonyl (C=O) groups is 6. The summed E-state index contributed by atoms with van der Waals surface area (Å²) in [5, 5.41) is 14.1. The zero-order valence-electron chi connectivity index (χ0n) is 31.7. The van der Waals surface area contributed by atoms with Crippen molar-refractivity contribution in [3.8, 4) is 0 Å². The summed E-state index contributed by atoms with van der Waals surface area (Å²) in [6.07, 6.45) is 0.0951. The molecule has 6 N–H and O–H groups in total. The maximum atomic E-state index is 11.6. The molecule has 0 saturated heterocycles. The normalized spacial score (nSPS) is 10.8. The van der Waals surface area contributed by atoms with Gasteiger partial charge < -0.3 is 54.6 Å². The van der Waals surface area contributed by atoms with Crippen LogP contribution in [0.4, 0.5) is 4.79 Å². The quantitative estimate of drug-likeness (QED) is 0.0337. The smallest absolute Gasteiger partial charge is 0.431 e. The number of amides is 3. The number of nitrogens with two attached hydrogens (primary N) is 1. The molecule has 0 aromatic heterocycles. The third-order valence-corrected chi connectivity index (χ3v) is 5.80. The Kier molecular flexibility index (Phi) is 37.7. The minimum atomic E-state index is -1.17. The molecule has 53 heavy (non-hydrogen) atoms. The summed E-state index contributed by atoms with van der Waals surface area (Å²) < 4.78 is 35.8. The van der Waals surface area contributed by atoms with E-state index in [2.05, 4.69) is 47.3 Å². The van der Waals surface area contributed by atoms with Crippen LogP contribution in [0.1, 0.15) is 54.4 Å². The van der Waals surface area contributed by atoms with E-state index >= 15 is 0 Å². The van der Waals surface area contributed by atoms with Crippen molar-refractivity contribution in [3.63, 3.8) is 0 Å². The summed E-state index contributed by atoms with van der Waals surface area (Å²) in [5.41, 5.74) is 5.86. The number of hydroxylamine groups is 1. The van der Waals surface area contributed by atoms with Gasteiger partial charge in [-0.1, -0.05) is 31.9 Å². The molecule has 0 bridgehead atoms. The maximum Gasteiger partial charge on any atom is 0.431 e. The molecule has 0 fully saturated rings.